The molecule has 0 saturated heterocycles. The molecule has 7 nitrogen and oxygen atoms in total. The largest absolute Gasteiger partial charge is 0.446 e. The molecule has 28 heavy (non-hydrogen) atoms. The van der Waals surface area contributed by atoms with Crippen LogP contribution in [0.5, 0.6) is 0 Å². The van der Waals surface area contributed by atoms with Crippen LogP contribution in [0.4, 0.5) is 22.1 Å². The van der Waals surface area contributed by atoms with Crippen LogP contribution in [-0.2, 0) is 4.74 Å². The Hall–Kier alpha value is -2.35. The fourth-order valence-electron chi connectivity index (χ4n) is 3.22. The Morgan fingerprint density at radius 2 is 1.82 bits per heavy atom. The van der Waals surface area contributed by atoms with Crippen molar-refractivity contribution in [3.05, 3.63) is 40.6 Å². The maximum atomic E-state index is 12.1. The van der Waals surface area contributed by atoms with Crippen molar-refractivity contribution in [1.29, 1.82) is 0 Å². The fraction of sp³-hybridized carbons (Fsp3) is 0.450. The highest BCUT2D eigenvalue weighted by Gasteiger charge is 2.24. The Morgan fingerprint density at radius 1 is 1.14 bits per heavy atom. The zero-order valence-electron chi connectivity index (χ0n) is 16.4. The molecule has 1 fully saturated rings. The van der Waals surface area contributed by atoms with Gasteiger partial charge in [0.05, 0.1) is 0 Å². The molecule has 0 radical (unpaired) electrons. The van der Waals surface area contributed by atoms with E-state index < -0.39 is 6.09 Å². The van der Waals surface area contributed by atoms with Gasteiger partial charge in [-0.25, -0.2) is 14.8 Å². The molecule has 0 unspecified atom stereocenters. The quantitative estimate of drug-likeness (QED) is 0.697. The lowest BCUT2D eigenvalue weighted by Gasteiger charge is -2.29. The standard InChI is InChI=1S/C20H26BrN5O2/c1-13-22-18(12-19(23-13)26(2)3)24-15-8-10-17(11-9-15)28-20(27)25-16-6-4-14(21)5-7-16/h4-7,12,15,17H,8-11H2,1-3H3,(H,25,27)(H,22,23,24). The highest BCUT2D eigenvalue weighted by Crippen LogP contribution is 2.25. The number of hydrogen-bond donors (Lipinski definition) is 2. The molecule has 1 aliphatic rings. The van der Waals surface area contributed by atoms with E-state index in [4.69, 9.17) is 4.74 Å². The van der Waals surface area contributed by atoms with E-state index in [0.29, 0.717) is 6.04 Å². The van der Waals surface area contributed by atoms with Crippen LogP contribution in [0.1, 0.15) is 31.5 Å². The SMILES string of the molecule is Cc1nc(NC2CCC(OC(=O)Nc3ccc(Br)cc3)CC2)cc(N(C)C)n1. The Balaban J connectivity index is 1.46. The zero-order valence-corrected chi connectivity index (χ0v) is 18.0. The molecule has 1 aromatic carbocycles. The van der Waals surface area contributed by atoms with E-state index in [9.17, 15) is 4.79 Å². The number of nitrogens with zero attached hydrogens (tertiary/aromatic N) is 3. The second-order valence-corrected chi connectivity index (χ2v) is 8.12. The summed E-state index contributed by atoms with van der Waals surface area (Å²) in [5.41, 5.74) is 0.722. The van der Waals surface area contributed by atoms with Crippen LogP contribution in [0.25, 0.3) is 0 Å². The number of ether oxygens (including phenoxy) is 1. The maximum Gasteiger partial charge on any atom is 0.411 e. The zero-order chi connectivity index (χ0) is 20.1. The number of carbonyl (C=O) groups is 1. The summed E-state index contributed by atoms with van der Waals surface area (Å²) in [5, 5.41) is 6.27. The third-order valence-corrected chi connectivity index (χ3v) is 5.20. The number of carbonyl (C=O) groups excluding carboxylic acids is 1. The van der Waals surface area contributed by atoms with E-state index in [-0.39, 0.29) is 6.10 Å². The van der Waals surface area contributed by atoms with E-state index in [2.05, 4.69) is 36.5 Å². The fourth-order valence-corrected chi connectivity index (χ4v) is 3.49. The van der Waals surface area contributed by atoms with Crippen molar-refractivity contribution in [2.75, 3.05) is 29.6 Å². The monoisotopic (exact) mass is 447 g/mol. The number of rotatable bonds is 5. The van der Waals surface area contributed by atoms with Crippen LogP contribution < -0.4 is 15.5 Å². The highest BCUT2D eigenvalue weighted by molar-refractivity contribution is 9.10. The van der Waals surface area contributed by atoms with Gasteiger partial charge in [-0.1, -0.05) is 15.9 Å². The normalized spacial score (nSPS) is 19.0. The van der Waals surface area contributed by atoms with Crippen LogP contribution >= 0.6 is 15.9 Å². The summed E-state index contributed by atoms with van der Waals surface area (Å²) in [7, 11) is 3.93. The second kappa shape index (κ2) is 9.23. The van der Waals surface area contributed by atoms with Crippen molar-refractivity contribution in [1.82, 2.24) is 9.97 Å². The number of hydrogen-bond acceptors (Lipinski definition) is 6. The third-order valence-electron chi connectivity index (χ3n) is 4.67. The summed E-state index contributed by atoms with van der Waals surface area (Å²) in [6.07, 6.45) is 3.05. The molecule has 1 heterocycles. The van der Waals surface area contributed by atoms with Gasteiger partial charge in [-0.3, -0.25) is 5.32 Å². The van der Waals surface area contributed by atoms with E-state index in [0.717, 1.165) is 53.3 Å². The van der Waals surface area contributed by atoms with Gasteiger partial charge in [0.1, 0.15) is 23.6 Å². The molecule has 1 aliphatic carbocycles. The first-order valence-corrected chi connectivity index (χ1v) is 10.2. The van der Waals surface area contributed by atoms with Crippen molar-refractivity contribution in [2.24, 2.45) is 0 Å². The average molecular weight is 448 g/mol. The lowest BCUT2D eigenvalue weighted by atomic mass is 9.93. The first-order valence-electron chi connectivity index (χ1n) is 9.42. The molecule has 0 atom stereocenters. The average Bonchev–Trinajstić information content (AvgIpc) is 2.65. The predicted octanol–water partition coefficient (Wildman–Crippen LogP) is 4.59. The number of aryl methyl sites for hydroxylation is 1. The molecule has 2 aromatic rings. The van der Waals surface area contributed by atoms with E-state index in [1.54, 1.807) is 0 Å². The molecule has 0 bridgehead atoms. The molecule has 0 spiro atoms. The topological polar surface area (TPSA) is 79.4 Å². The number of aromatic nitrogens is 2. The summed E-state index contributed by atoms with van der Waals surface area (Å²) < 4.78 is 6.54. The van der Waals surface area contributed by atoms with Crippen molar-refractivity contribution in [2.45, 2.75) is 44.8 Å². The second-order valence-electron chi connectivity index (χ2n) is 7.21. The number of anilines is 3. The van der Waals surface area contributed by atoms with Crippen LogP contribution in [0.2, 0.25) is 0 Å². The van der Waals surface area contributed by atoms with Gasteiger partial charge in [0, 0.05) is 36.4 Å². The minimum atomic E-state index is -0.402. The first-order chi connectivity index (χ1) is 13.4. The van der Waals surface area contributed by atoms with Crippen LogP contribution in [0, 0.1) is 6.92 Å². The van der Waals surface area contributed by atoms with Gasteiger partial charge in [-0.15, -0.1) is 0 Å². The molecular weight excluding hydrogens is 422 g/mol. The molecule has 3 rings (SSSR count). The molecule has 1 amide bonds. The summed E-state index contributed by atoms with van der Waals surface area (Å²) in [4.78, 5) is 23.0. The Kier molecular flexibility index (Phi) is 6.72. The molecule has 2 N–H and O–H groups in total. The molecular formula is C20H26BrN5O2. The molecule has 1 saturated carbocycles. The van der Waals surface area contributed by atoms with E-state index in [1.165, 1.54) is 0 Å². The van der Waals surface area contributed by atoms with Crippen LogP contribution in [-0.4, -0.2) is 42.3 Å². The first kappa shape index (κ1) is 20.4. The van der Waals surface area contributed by atoms with Gasteiger partial charge in [-0.2, -0.15) is 0 Å². The van der Waals surface area contributed by atoms with Gasteiger partial charge >= 0.3 is 6.09 Å². The molecule has 0 aliphatic heterocycles. The van der Waals surface area contributed by atoms with Crippen LogP contribution in [0.15, 0.2) is 34.8 Å². The van der Waals surface area contributed by atoms with Gasteiger partial charge in [0.15, 0.2) is 0 Å². The summed E-state index contributed by atoms with van der Waals surface area (Å²) >= 11 is 3.38. The maximum absolute atomic E-state index is 12.1. The van der Waals surface area contributed by atoms with Crippen LogP contribution in [0.3, 0.4) is 0 Å². The summed E-state index contributed by atoms with van der Waals surface area (Å²) in [5.74, 6) is 2.47. The van der Waals surface area contributed by atoms with E-state index >= 15 is 0 Å². The smallest absolute Gasteiger partial charge is 0.411 e. The summed E-state index contributed by atoms with van der Waals surface area (Å²) in [6, 6.07) is 9.70. The lowest BCUT2D eigenvalue weighted by Crippen LogP contribution is -2.32. The van der Waals surface area contributed by atoms with Gasteiger partial charge in [-0.05, 0) is 56.9 Å². The van der Waals surface area contributed by atoms with Gasteiger partial charge in [0.2, 0.25) is 0 Å². The summed E-state index contributed by atoms with van der Waals surface area (Å²) in [6.45, 7) is 1.90. The number of halogens is 1. The highest BCUT2D eigenvalue weighted by atomic mass is 79.9. The lowest BCUT2D eigenvalue weighted by molar-refractivity contribution is 0.0841. The Bertz CT molecular complexity index is 805. The minimum Gasteiger partial charge on any atom is -0.446 e. The molecule has 1 aromatic heterocycles. The van der Waals surface area contributed by atoms with Crippen molar-refractivity contribution < 1.29 is 9.53 Å². The van der Waals surface area contributed by atoms with Crippen molar-refractivity contribution in [3.63, 3.8) is 0 Å². The molecule has 150 valence electrons. The van der Waals surface area contributed by atoms with Gasteiger partial charge < -0.3 is 15.0 Å². The van der Waals surface area contributed by atoms with Crippen molar-refractivity contribution >= 4 is 39.3 Å². The Morgan fingerprint density at radius 3 is 2.46 bits per heavy atom. The third kappa shape index (κ3) is 5.82. The Labute approximate surface area is 174 Å². The van der Waals surface area contributed by atoms with E-state index in [1.807, 2.05) is 56.3 Å². The number of amides is 1. The molecule has 8 heteroatoms. The van der Waals surface area contributed by atoms with Crippen molar-refractivity contribution in [3.8, 4) is 0 Å². The van der Waals surface area contributed by atoms with Gasteiger partial charge in [0.25, 0.3) is 0 Å². The minimum absolute atomic E-state index is 0.0574. The number of benzene rings is 1. The predicted molar refractivity (Wildman–Crippen MR) is 115 cm³/mol. The number of nitrogens with one attached hydrogen (secondary N) is 2.